The van der Waals surface area contributed by atoms with Crippen molar-refractivity contribution in [2.75, 3.05) is 0 Å². The molecule has 0 heterocycles. The third-order valence-corrected chi connectivity index (χ3v) is 2.96. The number of benzene rings is 2. The number of hydrogen-bond donors (Lipinski definition) is 0. The van der Waals surface area contributed by atoms with Gasteiger partial charge in [-0.2, -0.15) is 0 Å². The molecule has 0 radical (unpaired) electrons. The van der Waals surface area contributed by atoms with Crippen molar-refractivity contribution < 1.29 is 13.6 Å². The van der Waals surface area contributed by atoms with Gasteiger partial charge in [-0.25, -0.2) is 8.78 Å². The monoisotopic (exact) mass is 260 g/mol. The maximum Gasteiger partial charge on any atom is 0.141 e. The minimum absolute atomic E-state index is 0.153. The van der Waals surface area contributed by atoms with Gasteiger partial charge < -0.3 is 0 Å². The third-order valence-electron chi connectivity index (χ3n) is 2.96. The molecule has 0 saturated heterocycles. The molecule has 0 aliphatic rings. The van der Waals surface area contributed by atoms with Crippen molar-refractivity contribution in [3.63, 3.8) is 0 Å². The first-order chi connectivity index (χ1) is 9.06. The van der Waals surface area contributed by atoms with E-state index in [0.717, 1.165) is 23.3 Å². The van der Waals surface area contributed by atoms with Gasteiger partial charge in [-0.3, -0.25) is 4.79 Å². The van der Waals surface area contributed by atoms with Crippen molar-refractivity contribution >= 4 is 5.78 Å². The molecule has 0 aliphatic heterocycles. The van der Waals surface area contributed by atoms with Gasteiger partial charge in [0, 0.05) is 18.4 Å². The van der Waals surface area contributed by atoms with Crippen LogP contribution in [0.3, 0.4) is 0 Å². The second-order valence-electron chi connectivity index (χ2n) is 4.58. The third kappa shape index (κ3) is 3.47. The standard InChI is InChI=1S/C16H14F2O/c1-11-5-7-12(8-6-11)9-13(19)10-14-15(17)3-2-4-16(14)18/h2-8H,9-10H2,1H3. The second-order valence-corrected chi connectivity index (χ2v) is 4.58. The molecule has 0 fully saturated rings. The maximum atomic E-state index is 13.4. The van der Waals surface area contributed by atoms with Crippen LogP contribution in [0.4, 0.5) is 8.78 Å². The van der Waals surface area contributed by atoms with Crippen LogP contribution in [-0.4, -0.2) is 5.78 Å². The summed E-state index contributed by atoms with van der Waals surface area (Å²) in [4.78, 5) is 11.8. The Morgan fingerprint density at radius 1 is 0.947 bits per heavy atom. The topological polar surface area (TPSA) is 17.1 Å². The van der Waals surface area contributed by atoms with E-state index in [1.165, 1.54) is 6.07 Å². The van der Waals surface area contributed by atoms with Crippen molar-refractivity contribution in [1.82, 2.24) is 0 Å². The predicted octanol–water partition coefficient (Wildman–Crippen LogP) is 3.63. The molecule has 0 atom stereocenters. The summed E-state index contributed by atoms with van der Waals surface area (Å²) in [6.45, 7) is 1.96. The zero-order valence-corrected chi connectivity index (χ0v) is 10.6. The van der Waals surface area contributed by atoms with Crippen LogP contribution in [0.25, 0.3) is 0 Å². The quantitative estimate of drug-likeness (QED) is 0.820. The summed E-state index contributed by atoms with van der Waals surface area (Å²) in [5.41, 5.74) is 1.81. The van der Waals surface area contributed by atoms with Crippen molar-refractivity contribution in [1.29, 1.82) is 0 Å². The lowest BCUT2D eigenvalue weighted by Crippen LogP contribution is -2.09. The number of Topliss-reactive ketones (excluding diaryl/α,β-unsaturated/α-hetero) is 1. The highest BCUT2D eigenvalue weighted by Crippen LogP contribution is 2.14. The van der Waals surface area contributed by atoms with Crippen LogP contribution < -0.4 is 0 Å². The number of halogens is 2. The molecule has 0 amide bonds. The highest BCUT2D eigenvalue weighted by Gasteiger charge is 2.13. The van der Waals surface area contributed by atoms with Gasteiger partial charge in [0.05, 0.1) is 0 Å². The number of ketones is 1. The van der Waals surface area contributed by atoms with Crippen LogP contribution in [0.15, 0.2) is 42.5 Å². The van der Waals surface area contributed by atoms with E-state index >= 15 is 0 Å². The lowest BCUT2D eigenvalue weighted by Gasteiger charge is -2.05. The van der Waals surface area contributed by atoms with Crippen molar-refractivity contribution in [3.8, 4) is 0 Å². The van der Waals surface area contributed by atoms with Gasteiger partial charge in [0.15, 0.2) is 0 Å². The summed E-state index contributed by atoms with van der Waals surface area (Å²) in [5.74, 6) is -1.54. The molecule has 0 aliphatic carbocycles. The summed E-state index contributed by atoms with van der Waals surface area (Å²) in [7, 11) is 0. The van der Waals surface area contributed by atoms with Gasteiger partial charge in [0.1, 0.15) is 17.4 Å². The van der Waals surface area contributed by atoms with Crippen LogP contribution in [-0.2, 0) is 17.6 Å². The molecule has 0 bridgehead atoms. The van der Waals surface area contributed by atoms with Crippen LogP contribution in [0.2, 0.25) is 0 Å². The summed E-state index contributed by atoms with van der Waals surface area (Å²) >= 11 is 0. The zero-order valence-electron chi connectivity index (χ0n) is 10.6. The van der Waals surface area contributed by atoms with Crippen LogP contribution in [0.5, 0.6) is 0 Å². The van der Waals surface area contributed by atoms with Gasteiger partial charge in [-0.1, -0.05) is 35.9 Å². The van der Waals surface area contributed by atoms with Crippen molar-refractivity contribution in [2.24, 2.45) is 0 Å². The smallest absolute Gasteiger partial charge is 0.141 e. The van der Waals surface area contributed by atoms with E-state index in [-0.39, 0.29) is 24.2 Å². The molecular weight excluding hydrogens is 246 g/mol. The average Bonchev–Trinajstić information content (AvgIpc) is 2.37. The van der Waals surface area contributed by atoms with E-state index in [4.69, 9.17) is 0 Å². The summed E-state index contributed by atoms with van der Waals surface area (Å²) in [5, 5.41) is 0. The molecule has 98 valence electrons. The molecule has 0 unspecified atom stereocenters. The average molecular weight is 260 g/mol. The number of hydrogen-bond acceptors (Lipinski definition) is 1. The van der Waals surface area contributed by atoms with E-state index in [0.29, 0.717) is 0 Å². The Bertz CT molecular complexity index is 568. The maximum absolute atomic E-state index is 13.4. The Hall–Kier alpha value is -2.03. The van der Waals surface area contributed by atoms with Crippen LogP contribution in [0, 0.1) is 18.6 Å². The Balaban J connectivity index is 2.07. The molecule has 2 rings (SSSR count). The van der Waals surface area contributed by atoms with E-state index in [2.05, 4.69) is 0 Å². The number of carbonyl (C=O) groups excluding carboxylic acids is 1. The Labute approximate surface area is 110 Å². The molecule has 19 heavy (non-hydrogen) atoms. The lowest BCUT2D eigenvalue weighted by atomic mass is 10.0. The van der Waals surface area contributed by atoms with Gasteiger partial charge in [-0.15, -0.1) is 0 Å². The zero-order chi connectivity index (χ0) is 13.8. The van der Waals surface area contributed by atoms with E-state index < -0.39 is 11.6 Å². The predicted molar refractivity (Wildman–Crippen MR) is 70.0 cm³/mol. The molecule has 3 heteroatoms. The summed E-state index contributed by atoms with van der Waals surface area (Å²) in [6, 6.07) is 11.1. The van der Waals surface area contributed by atoms with Gasteiger partial charge >= 0.3 is 0 Å². The minimum atomic E-state index is -0.669. The minimum Gasteiger partial charge on any atom is -0.299 e. The highest BCUT2D eigenvalue weighted by atomic mass is 19.1. The first-order valence-corrected chi connectivity index (χ1v) is 6.06. The normalized spacial score (nSPS) is 10.5. The summed E-state index contributed by atoms with van der Waals surface area (Å²) < 4.78 is 26.8. The lowest BCUT2D eigenvalue weighted by molar-refractivity contribution is -0.117. The van der Waals surface area contributed by atoms with Crippen LogP contribution in [0.1, 0.15) is 16.7 Å². The van der Waals surface area contributed by atoms with E-state index in [1.807, 2.05) is 31.2 Å². The Kier molecular flexibility index (Phi) is 4.05. The largest absolute Gasteiger partial charge is 0.299 e. The van der Waals surface area contributed by atoms with Crippen molar-refractivity contribution in [2.45, 2.75) is 19.8 Å². The fourth-order valence-corrected chi connectivity index (χ4v) is 1.89. The first-order valence-electron chi connectivity index (χ1n) is 6.06. The molecular formula is C16H14F2O. The fraction of sp³-hybridized carbons (Fsp3) is 0.188. The Morgan fingerprint density at radius 2 is 1.53 bits per heavy atom. The number of rotatable bonds is 4. The Morgan fingerprint density at radius 3 is 2.11 bits per heavy atom. The molecule has 0 aromatic heterocycles. The molecule has 0 N–H and O–H groups in total. The molecule has 0 spiro atoms. The van der Waals surface area contributed by atoms with Gasteiger partial charge in [0.2, 0.25) is 0 Å². The second kappa shape index (κ2) is 5.74. The molecule has 0 saturated carbocycles. The molecule has 2 aromatic carbocycles. The van der Waals surface area contributed by atoms with Gasteiger partial charge in [0.25, 0.3) is 0 Å². The summed E-state index contributed by atoms with van der Waals surface area (Å²) in [6.07, 6.45) is -0.0273. The van der Waals surface area contributed by atoms with Crippen LogP contribution >= 0.6 is 0 Å². The number of aryl methyl sites for hydroxylation is 1. The van der Waals surface area contributed by atoms with Gasteiger partial charge in [-0.05, 0) is 24.6 Å². The number of carbonyl (C=O) groups is 1. The SMILES string of the molecule is Cc1ccc(CC(=O)Cc2c(F)cccc2F)cc1. The van der Waals surface area contributed by atoms with E-state index in [9.17, 15) is 13.6 Å². The highest BCUT2D eigenvalue weighted by molar-refractivity contribution is 5.83. The van der Waals surface area contributed by atoms with E-state index in [1.54, 1.807) is 0 Å². The molecule has 1 nitrogen and oxygen atoms in total. The fourth-order valence-electron chi connectivity index (χ4n) is 1.89. The first kappa shape index (κ1) is 13.4. The van der Waals surface area contributed by atoms with Crippen molar-refractivity contribution in [3.05, 3.63) is 70.8 Å². The molecule has 2 aromatic rings.